The van der Waals surface area contributed by atoms with Gasteiger partial charge in [0, 0.05) is 18.7 Å². The van der Waals surface area contributed by atoms with Crippen molar-refractivity contribution in [3.8, 4) is 11.4 Å². The number of carboxylic acid groups (broad SMARTS) is 1. The minimum absolute atomic E-state index is 0.253. The number of hydrogen-bond acceptors (Lipinski definition) is 4. The van der Waals surface area contributed by atoms with Gasteiger partial charge in [0.15, 0.2) is 0 Å². The van der Waals surface area contributed by atoms with E-state index in [0.717, 1.165) is 67.2 Å². The van der Waals surface area contributed by atoms with Crippen LogP contribution in [0.15, 0.2) is 48.5 Å². The van der Waals surface area contributed by atoms with Crippen LogP contribution in [0, 0.1) is 5.92 Å². The highest BCUT2D eigenvalue weighted by Crippen LogP contribution is 2.26. The molecule has 0 spiro atoms. The summed E-state index contributed by atoms with van der Waals surface area (Å²) in [5.41, 5.74) is 3.14. The molecular weight excluding hydrogens is 366 g/mol. The minimum Gasteiger partial charge on any atom is -0.497 e. The van der Waals surface area contributed by atoms with E-state index in [2.05, 4.69) is 27.7 Å². The van der Waals surface area contributed by atoms with Gasteiger partial charge in [0.25, 0.3) is 0 Å². The predicted octanol–water partition coefficient (Wildman–Crippen LogP) is 4.11. The molecule has 2 heterocycles. The number of rotatable bonds is 7. The van der Waals surface area contributed by atoms with Crippen molar-refractivity contribution in [2.75, 3.05) is 20.2 Å². The number of aromatic nitrogens is 2. The molecule has 1 atom stereocenters. The number of carboxylic acids is 1. The number of hydrogen-bond donors (Lipinski definition) is 1. The van der Waals surface area contributed by atoms with Crippen molar-refractivity contribution in [3.63, 3.8) is 0 Å². The molecule has 6 nitrogen and oxygen atoms in total. The molecule has 0 saturated carbocycles. The number of carbonyl (C=O) groups is 1. The smallest absolute Gasteiger partial charge is 0.303 e. The molecule has 6 heteroatoms. The highest BCUT2D eigenvalue weighted by atomic mass is 16.5. The zero-order valence-electron chi connectivity index (χ0n) is 16.8. The summed E-state index contributed by atoms with van der Waals surface area (Å²) < 4.78 is 7.52. The maximum absolute atomic E-state index is 10.9. The molecule has 152 valence electrons. The molecule has 0 amide bonds. The van der Waals surface area contributed by atoms with Gasteiger partial charge in [-0.15, -0.1) is 0 Å². The number of nitrogens with zero attached hydrogens (tertiary/aromatic N) is 3. The third-order valence-corrected chi connectivity index (χ3v) is 5.70. The van der Waals surface area contributed by atoms with Gasteiger partial charge in [-0.25, -0.2) is 4.98 Å². The summed E-state index contributed by atoms with van der Waals surface area (Å²) in [5, 5.41) is 8.99. The van der Waals surface area contributed by atoms with Crippen LogP contribution in [0.4, 0.5) is 0 Å². The molecule has 0 bridgehead atoms. The molecule has 0 radical (unpaired) electrons. The molecule has 1 saturated heterocycles. The number of fused-ring (bicyclic) bond motifs is 1. The first-order valence-electron chi connectivity index (χ1n) is 10.2. The average Bonchev–Trinajstić information content (AvgIpc) is 3.10. The maximum Gasteiger partial charge on any atom is 0.303 e. The third kappa shape index (κ3) is 4.43. The Morgan fingerprint density at radius 2 is 2.00 bits per heavy atom. The van der Waals surface area contributed by atoms with E-state index in [1.165, 1.54) is 0 Å². The van der Waals surface area contributed by atoms with E-state index in [1.807, 2.05) is 30.3 Å². The molecule has 29 heavy (non-hydrogen) atoms. The Balaban J connectivity index is 1.60. The Morgan fingerprint density at radius 3 is 2.76 bits per heavy atom. The topological polar surface area (TPSA) is 67.6 Å². The predicted molar refractivity (Wildman–Crippen MR) is 112 cm³/mol. The number of methoxy groups -OCH3 is 1. The van der Waals surface area contributed by atoms with Gasteiger partial charge in [0.1, 0.15) is 11.6 Å². The van der Waals surface area contributed by atoms with E-state index in [4.69, 9.17) is 14.8 Å². The lowest BCUT2D eigenvalue weighted by Crippen LogP contribution is -2.35. The van der Waals surface area contributed by atoms with Gasteiger partial charge in [-0.2, -0.15) is 0 Å². The van der Waals surface area contributed by atoms with Crippen LogP contribution in [-0.4, -0.2) is 45.7 Å². The molecule has 1 aromatic heterocycles. The quantitative estimate of drug-likeness (QED) is 0.654. The lowest BCUT2D eigenvalue weighted by molar-refractivity contribution is -0.137. The maximum atomic E-state index is 10.9. The normalized spacial score (nSPS) is 17.5. The lowest BCUT2D eigenvalue weighted by Gasteiger charge is -2.32. The Hall–Kier alpha value is -2.86. The fourth-order valence-corrected chi connectivity index (χ4v) is 4.26. The SMILES string of the molecule is COc1ccc(-n2c(CN3CCCC(CCC(=O)O)C3)nc3ccccc32)cc1. The summed E-state index contributed by atoms with van der Waals surface area (Å²) in [6.45, 7) is 2.71. The molecule has 0 aliphatic carbocycles. The lowest BCUT2D eigenvalue weighted by atomic mass is 9.93. The highest BCUT2D eigenvalue weighted by molar-refractivity contribution is 5.78. The number of para-hydroxylation sites is 2. The fraction of sp³-hybridized carbons (Fsp3) is 0.391. The standard InChI is InChI=1S/C23H27N3O3/c1-29-19-11-9-18(10-12-19)26-21-7-3-2-6-20(21)24-22(26)16-25-14-4-5-17(15-25)8-13-23(27)28/h2-3,6-7,9-12,17H,4-5,8,13-16H2,1H3,(H,27,28). The molecule has 1 aliphatic heterocycles. The van der Waals surface area contributed by atoms with Gasteiger partial charge in [-0.1, -0.05) is 12.1 Å². The first-order valence-corrected chi connectivity index (χ1v) is 10.2. The largest absolute Gasteiger partial charge is 0.497 e. The fourth-order valence-electron chi connectivity index (χ4n) is 4.26. The number of likely N-dealkylation sites (tertiary alicyclic amines) is 1. The van der Waals surface area contributed by atoms with Crippen LogP contribution < -0.4 is 4.74 Å². The molecule has 1 N–H and O–H groups in total. The molecule has 1 aliphatic rings. The molecule has 1 fully saturated rings. The molecular formula is C23H27N3O3. The summed E-state index contributed by atoms with van der Waals surface area (Å²) in [6.07, 6.45) is 3.22. The second kappa shape index (κ2) is 8.66. The van der Waals surface area contributed by atoms with Crippen molar-refractivity contribution >= 4 is 17.0 Å². The number of aliphatic carboxylic acids is 1. The summed E-state index contributed by atoms with van der Waals surface area (Å²) in [4.78, 5) is 18.3. The van der Waals surface area contributed by atoms with E-state index < -0.39 is 5.97 Å². The van der Waals surface area contributed by atoms with Gasteiger partial charge in [0.2, 0.25) is 0 Å². The molecule has 2 aromatic carbocycles. The van der Waals surface area contributed by atoms with Crippen LogP contribution in [0.2, 0.25) is 0 Å². The van der Waals surface area contributed by atoms with Gasteiger partial charge in [-0.05, 0) is 68.1 Å². The zero-order chi connectivity index (χ0) is 20.2. The second-order valence-corrected chi connectivity index (χ2v) is 7.73. The third-order valence-electron chi connectivity index (χ3n) is 5.70. The number of ether oxygens (including phenoxy) is 1. The Morgan fingerprint density at radius 1 is 1.21 bits per heavy atom. The van der Waals surface area contributed by atoms with Crippen LogP contribution >= 0.6 is 0 Å². The van der Waals surface area contributed by atoms with Crippen molar-refractivity contribution in [3.05, 3.63) is 54.4 Å². The van der Waals surface area contributed by atoms with Crippen LogP contribution in [0.1, 0.15) is 31.5 Å². The molecule has 3 aromatic rings. The first-order chi connectivity index (χ1) is 14.1. The van der Waals surface area contributed by atoms with Gasteiger partial charge in [0.05, 0.1) is 24.7 Å². The van der Waals surface area contributed by atoms with Crippen molar-refractivity contribution in [1.82, 2.24) is 14.5 Å². The molecule has 1 unspecified atom stereocenters. The Kier molecular flexibility index (Phi) is 5.81. The summed E-state index contributed by atoms with van der Waals surface area (Å²) in [6, 6.07) is 16.3. The Bertz CT molecular complexity index is 981. The van der Waals surface area contributed by atoms with Crippen LogP contribution in [0.25, 0.3) is 16.7 Å². The van der Waals surface area contributed by atoms with E-state index in [-0.39, 0.29) is 6.42 Å². The van der Waals surface area contributed by atoms with Gasteiger partial charge < -0.3 is 9.84 Å². The van der Waals surface area contributed by atoms with E-state index in [9.17, 15) is 4.79 Å². The average molecular weight is 393 g/mol. The second-order valence-electron chi connectivity index (χ2n) is 7.73. The van der Waals surface area contributed by atoms with Crippen molar-refractivity contribution in [2.45, 2.75) is 32.2 Å². The van der Waals surface area contributed by atoms with Crippen LogP contribution in [0.3, 0.4) is 0 Å². The zero-order valence-corrected chi connectivity index (χ0v) is 16.8. The van der Waals surface area contributed by atoms with E-state index in [1.54, 1.807) is 7.11 Å². The minimum atomic E-state index is -0.705. The van der Waals surface area contributed by atoms with Gasteiger partial charge >= 0.3 is 5.97 Å². The number of benzene rings is 2. The van der Waals surface area contributed by atoms with Crippen molar-refractivity contribution < 1.29 is 14.6 Å². The molecule has 4 rings (SSSR count). The van der Waals surface area contributed by atoms with Crippen LogP contribution in [0.5, 0.6) is 5.75 Å². The Labute approximate surface area is 170 Å². The highest BCUT2D eigenvalue weighted by Gasteiger charge is 2.23. The van der Waals surface area contributed by atoms with Gasteiger partial charge in [-0.3, -0.25) is 14.3 Å². The summed E-state index contributed by atoms with van der Waals surface area (Å²) >= 11 is 0. The van der Waals surface area contributed by atoms with E-state index >= 15 is 0 Å². The summed E-state index contributed by atoms with van der Waals surface area (Å²) in [5.74, 6) is 1.58. The first kappa shape index (κ1) is 19.5. The summed E-state index contributed by atoms with van der Waals surface area (Å²) in [7, 11) is 1.67. The van der Waals surface area contributed by atoms with Crippen molar-refractivity contribution in [2.24, 2.45) is 5.92 Å². The number of imidazole rings is 1. The van der Waals surface area contributed by atoms with Crippen molar-refractivity contribution in [1.29, 1.82) is 0 Å². The monoisotopic (exact) mass is 393 g/mol. The van der Waals surface area contributed by atoms with Crippen LogP contribution in [-0.2, 0) is 11.3 Å². The van der Waals surface area contributed by atoms with E-state index in [0.29, 0.717) is 5.92 Å². The number of piperidine rings is 1.